The maximum Gasteiger partial charge on any atom is 0.416 e. The highest BCUT2D eigenvalue weighted by Gasteiger charge is 2.32. The van der Waals surface area contributed by atoms with Crippen molar-refractivity contribution in [1.29, 1.82) is 0 Å². The molecule has 0 aliphatic carbocycles. The van der Waals surface area contributed by atoms with E-state index >= 15 is 0 Å². The van der Waals surface area contributed by atoms with E-state index in [0.717, 1.165) is 6.07 Å². The molecule has 19 heavy (non-hydrogen) atoms. The van der Waals surface area contributed by atoms with Crippen molar-refractivity contribution in [3.63, 3.8) is 0 Å². The van der Waals surface area contributed by atoms with E-state index in [1.165, 1.54) is 12.1 Å². The third-order valence-corrected chi connectivity index (χ3v) is 3.00. The second-order valence-electron chi connectivity index (χ2n) is 3.88. The number of rotatable bonds is 3. The van der Waals surface area contributed by atoms with Crippen LogP contribution in [0, 0.1) is 0 Å². The van der Waals surface area contributed by atoms with Gasteiger partial charge in [0.25, 0.3) is 0 Å². The van der Waals surface area contributed by atoms with Crippen LogP contribution in [-0.2, 0) is 12.7 Å². The Morgan fingerprint density at radius 2 is 1.84 bits per heavy atom. The molecule has 0 amide bonds. The van der Waals surface area contributed by atoms with Crippen LogP contribution in [0.2, 0.25) is 0 Å². The van der Waals surface area contributed by atoms with Gasteiger partial charge in [-0.2, -0.15) is 13.2 Å². The first kappa shape index (κ1) is 13.9. The number of halogens is 4. The lowest BCUT2D eigenvalue weighted by molar-refractivity contribution is -0.138. The van der Waals surface area contributed by atoms with E-state index in [1.54, 1.807) is 24.4 Å². The first-order chi connectivity index (χ1) is 8.97. The average molecular weight is 331 g/mol. The molecule has 1 aromatic carbocycles. The fraction of sp³-hybridized carbons (Fsp3) is 0.154. The molecule has 2 rings (SSSR count). The predicted octanol–water partition coefficient (Wildman–Crippen LogP) is 4.48. The Kier molecular flexibility index (Phi) is 4.09. The normalized spacial score (nSPS) is 11.4. The van der Waals surface area contributed by atoms with Gasteiger partial charge >= 0.3 is 6.18 Å². The number of hydrogen-bond acceptors (Lipinski definition) is 2. The summed E-state index contributed by atoms with van der Waals surface area (Å²) in [5.74, 6) is 0. The number of nitrogens with one attached hydrogen (secondary N) is 1. The maximum atomic E-state index is 12.8. The van der Waals surface area contributed by atoms with Crippen molar-refractivity contribution in [2.45, 2.75) is 12.7 Å². The molecule has 6 heteroatoms. The number of hydrogen-bond donors (Lipinski definition) is 1. The van der Waals surface area contributed by atoms with Gasteiger partial charge in [0.15, 0.2) is 0 Å². The minimum atomic E-state index is -4.34. The molecule has 0 aliphatic rings. The molecule has 0 saturated heterocycles. The van der Waals surface area contributed by atoms with Crippen LogP contribution in [0.15, 0.2) is 47.2 Å². The highest BCUT2D eigenvalue weighted by molar-refractivity contribution is 9.10. The van der Waals surface area contributed by atoms with Gasteiger partial charge in [0.05, 0.1) is 17.4 Å². The van der Waals surface area contributed by atoms with Crippen molar-refractivity contribution in [3.05, 3.63) is 58.3 Å². The summed E-state index contributed by atoms with van der Waals surface area (Å²) in [4.78, 5) is 3.99. The molecule has 2 aromatic rings. The zero-order chi connectivity index (χ0) is 13.9. The summed E-state index contributed by atoms with van der Waals surface area (Å²) in [5.41, 5.74) is 0.255. The Morgan fingerprint density at radius 3 is 2.47 bits per heavy atom. The lowest BCUT2D eigenvalue weighted by Crippen LogP contribution is -2.11. The van der Waals surface area contributed by atoms with Gasteiger partial charge in [-0.15, -0.1) is 0 Å². The minimum Gasteiger partial charge on any atom is -0.380 e. The standard InChI is InChI=1S/C13H10BrF3N2/c14-12-6-5-10(8-19-12)18-7-9-3-1-2-4-11(9)13(15,16)17/h1-6,8,18H,7H2. The maximum absolute atomic E-state index is 12.8. The summed E-state index contributed by atoms with van der Waals surface area (Å²) in [6.45, 7) is 0.0962. The Morgan fingerprint density at radius 1 is 1.11 bits per heavy atom. The van der Waals surface area contributed by atoms with Gasteiger partial charge in [0.2, 0.25) is 0 Å². The molecule has 0 radical (unpaired) electrons. The van der Waals surface area contributed by atoms with Gasteiger partial charge in [-0.25, -0.2) is 4.98 Å². The van der Waals surface area contributed by atoms with E-state index in [0.29, 0.717) is 10.3 Å². The monoisotopic (exact) mass is 330 g/mol. The summed E-state index contributed by atoms with van der Waals surface area (Å²) >= 11 is 3.19. The number of nitrogens with zero attached hydrogens (tertiary/aromatic N) is 1. The van der Waals surface area contributed by atoms with Crippen molar-refractivity contribution in [1.82, 2.24) is 4.98 Å². The van der Waals surface area contributed by atoms with E-state index in [-0.39, 0.29) is 12.1 Å². The predicted molar refractivity (Wildman–Crippen MR) is 70.7 cm³/mol. The molecular formula is C13H10BrF3N2. The molecule has 1 N–H and O–H groups in total. The van der Waals surface area contributed by atoms with Gasteiger partial charge in [-0.3, -0.25) is 0 Å². The molecule has 100 valence electrons. The second-order valence-corrected chi connectivity index (χ2v) is 4.69. The summed E-state index contributed by atoms with van der Waals surface area (Å²) in [6, 6.07) is 8.98. The zero-order valence-electron chi connectivity index (χ0n) is 9.71. The molecule has 1 heterocycles. The van der Waals surface area contributed by atoms with Crippen molar-refractivity contribution < 1.29 is 13.2 Å². The fourth-order valence-corrected chi connectivity index (χ4v) is 1.86. The first-order valence-corrected chi connectivity index (χ1v) is 6.26. The lowest BCUT2D eigenvalue weighted by Gasteiger charge is -2.13. The number of benzene rings is 1. The van der Waals surface area contributed by atoms with Gasteiger partial charge in [-0.05, 0) is 39.7 Å². The summed E-state index contributed by atoms with van der Waals surface area (Å²) in [7, 11) is 0. The van der Waals surface area contributed by atoms with Crippen molar-refractivity contribution in [2.75, 3.05) is 5.32 Å². The van der Waals surface area contributed by atoms with Crippen LogP contribution in [0.5, 0.6) is 0 Å². The molecule has 0 aliphatic heterocycles. The quantitative estimate of drug-likeness (QED) is 0.839. The molecule has 1 aromatic heterocycles. The molecule has 0 saturated carbocycles. The van der Waals surface area contributed by atoms with Crippen LogP contribution in [-0.4, -0.2) is 4.98 Å². The third kappa shape index (κ3) is 3.70. The molecule has 0 atom stereocenters. The van der Waals surface area contributed by atoms with Crippen molar-refractivity contribution >= 4 is 21.6 Å². The fourth-order valence-electron chi connectivity index (χ4n) is 1.63. The molecule has 2 nitrogen and oxygen atoms in total. The van der Waals surface area contributed by atoms with Crippen molar-refractivity contribution in [2.24, 2.45) is 0 Å². The Labute approximate surface area is 116 Å². The Hall–Kier alpha value is -1.56. The topological polar surface area (TPSA) is 24.9 Å². The summed E-state index contributed by atoms with van der Waals surface area (Å²) in [6.07, 6.45) is -2.78. The van der Waals surface area contributed by atoms with Crippen LogP contribution >= 0.6 is 15.9 Å². The Bertz CT molecular complexity index is 553. The third-order valence-electron chi connectivity index (χ3n) is 2.53. The number of aromatic nitrogens is 1. The minimum absolute atomic E-state index is 0.0962. The molecular weight excluding hydrogens is 321 g/mol. The lowest BCUT2D eigenvalue weighted by atomic mass is 10.1. The van der Waals surface area contributed by atoms with Crippen LogP contribution in [0.1, 0.15) is 11.1 Å². The van der Waals surface area contributed by atoms with E-state index < -0.39 is 11.7 Å². The summed E-state index contributed by atoms with van der Waals surface area (Å²) < 4.78 is 39.0. The van der Waals surface area contributed by atoms with Gasteiger partial charge in [0, 0.05) is 6.54 Å². The smallest absolute Gasteiger partial charge is 0.380 e. The average Bonchev–Trinajstić information content (AvgIpc) is 2.37. The molecule has 0 spiro atoms. The first-order valence-electron chi connectivity index (χ1n) is 5.47. The van der Waals surface area contributed by atoms with Crippen molar-refractivity contribution in [3.8, 4) is 0 Å². The van der Waals surface area contributed by atoms with Gasteiger partial charge in [0.1, 0.15) is 4.60 Å². The largest absolute Gasteiger partial charge is 0.416 e. The molecule has 0 bridgehead atoms. The SMILES string of the molecule is FC(F)(F)c1ccccc1CNc1ccc(Br)nc1. The summed E-state index contributed by atoms with van der Waals surface area (Å²) in [5, 5.41) is 2.92. The van der Waals surface area contributed by atoms with E-state index in [4.69, 9.17) is 0 Å². The van der Waals surface area contributed by atoms with E-state index in [2.05, 4.69) is 26.2 Å². The number of alkyl halides is 3. The van der Waals surface area contributed by atoms with E-state index in [1.807, 2.05) is 0 Å². The van der Waals surface area contributed by atoms with Gasteiger partial charge < -0.3 is 5.32 Å². The van der Waals surface area contributed by atoms with Crippen LogP contribution in [0.4, 0.5) is 18.9 Å². The second kappa shape index (κ2) is 5.61. The highest BCUT2D eigenvalue weighted by Crippen LogP contribution is 2.32. The zero-order valence-corrected chi connectivity index (χ0v) is 11.3. The van der Waals surface area contributed by atoms with Crippen LogP contribution < -0.4 is 5.32 Å². The van der Waals surface area contributed by atoms with E-state index in [9.17, 15) is 13.2 Å². The van der Waals surface area contributed by atoms with Gasteiger partial charge in [-0.1, -0.05) is 18.2 Å². The number of pyridine rings is 1. The van der Waals surface area contributed by atoms with Crippen LogP contribution in [0.25, 0.3) is 0 Å². The molecule has 0 fully saturated rings. The number of anilines is 1. The molecule has 0 unspecified atom stereocenters. The van der Waals surface area contributed by atoms with Crippen LogP contribution in [0.3, 0.4) is 0 Å². The highest BCUT2D eigenvalue weighted by atomic mass is 79.9. The Balaban J connectivity index is 2.14.